The molecule has 0 aromatic heterocycles. The van der Waals surface area contributed by atoms with E-state index in [0.29, 0.717) is 31.7 Å². The fraction of sp³-hybridized carbons (Fsp3) is 0.550. The highest BCUT2D eigenvalue weighted by molar-refractivity contribution is 5.82. The SMILES string of the molecule is CC(C)(CCC(=O)O)NC(=O)C1CCCN(C(=O)COc2ccccc2)C1. The normalized spacial score (nSPS) is 17.3. The number of carboxylic acid groups (broad SMARTS) is 1. The first-order valence-electron chi connectivity index (χ1n) is 9.26. The third-order valence-corrected chi connectivity index (χ3v) is 4.68. The number of rotatable bonds is 8. The van der Waals surface area contributed by atoms with Gasteiger partial charge in [-0.15, -0.1) is 0 Å². The average Bonchev–Trinajstić information content (AvgIpc) is 2.65. The summed E-state index contributed by atoms with van der Waals surface area (Å²) in [5, 5.41) is 11.7. The summed E-state index contributed by atoms with van der Waals surface area (Å²) >= 11 is 0. The number of aliphatic carboxylic acids is 1. The molecule has 1 fully saturated rings. The van der Waals surface area contributed by atoms with E-state index in [2.05, 4.69) is 5.32 Å². The van der Waals surface area contributed by atoms with E-state index in [0.717, 1.165) is 6.42 Å². The van der Waals surface area contributed by atoms with Crippen molar-refractivity contribution in [1.82, 2.24) is 10.2 Å². The summed E-state index contributed by atoms with van der Waals surface area (Å²) in [6.07, 6.45) is 1.82. The van der Waals surface area contributed by atoms with Gasteiger partial charge < -0.3 is 20.1 Å². The highest BCUT2D eigenvalue weighted by Crippen LogP contribution is 2.20. The highest BCUT2D eigenvalue weighted by Gasteiger charge is 2.31. The number of likely N-dealkylation sites (tertiary alicyclic amines) is 1. The van der Waals surface area contributed by atoms with Crippen molar-refractivity contribution in [2.45, 2.75) is 45.1 Å². The lowest BCUT2D eigenvalue weighted by molar-refractivity contribution is -0.140. The predicted octanol–water partition coefficient (Wildman–Crippen LogP) is 2.06. The van der Waals surface area contributed by atoms with Gasteiger partial charge in [-0.25, -0.2) is 0 Å². The number of carbonyl (C=O) groups is 3. The van der Waals surface area contributed by atoms with Gasteiger partial charge >= 0.3 is 5.97 Å². The molecule has 7 nitrogen and oxygen atoms in total. The molecule has 1 saturated heterocycles. The second kappa shape index (κ2) is 9.39. The van der Waals surface area contributed by atoms with E-state index >= 15 is 0 Å². The van der Waals surface area contributed by atoms with E-state index in [1.54, 1.807) is 17.0 Å². The van der Waals surface area contributed by atoms with Crippen molar-refractivity contribution in [2.75, 3.05) is 19.7 Å². The van der Waals surface area contributed by atoms with Crippen molar-refractivity contribution >= 4 is 17.8 Å². The summed E-state index contributed by atoms with van der Waals surface area (Å²) in [6, 6.07) is 9.14. The van der Waals surface area contributed by atoms with Crippen LogP contribution in [0.1, 0.15) is 39.5 Å². The second-order valence-electron chi connectivity index (χ2n) is 7.55. The molecule has 1 aromatic carbocycles. The summed E-state index contributed by atoms with van der Waals surface area (Å²) in [5.74, 6) is -0.806. The Balaban J connectivity index is 1.84. The Labute approximate surface area is 159 Å². The van der Waals surface area contributed by atoms with Crippen molar-refractivity contribution in [1.29, 1.82) is 0 Å². The summed E-state index contributed by atoms with van der Waals surface area (Å²) in [7, 11) is 0. The zero-order valence-corrected chi connectivity index (χ0v) is 15.9. The first-order chi connectivity index (χ1) is 12.8. The molecular formula is C20H28N2O5. The molecule has 0 radical (unpaired) electrons. The van der Waals surface area contributed by atoms with Crippen molar-refractivity contribution < 1.29 is 24.2 Å². The monoisotopic (exact) mass is 376 g/mol. The molecule has 7 heteroatoms. The molecule has 1 atom stereocenters. The van der Waals surface area contributed by atoms with E-state index in [1.807, 2.05) is 32.0 Å². The lowest BCUT2D eigenvalue weighted by Gasteiger charge is -2.34. The van der Waals surface area contributed by atoms with E-state index in [1.165, 1.54) is 0 Å². The molecule has 2 amide bonds. The van der Waals surface area contributed by atoms with Gasteiger partial charge in [-0.2, -0.15) is 0 Å². The Morgan fingerprint density at radius 2 is 1.96 bits per heavy atom. The predicted molar refractivity (Wildman–Crippen MR) is 100 cm³/mol. The van der Waals surface area contributed by atoms with E-state index in [4.69, 9.17) is 9.84 Å². The quantitative estimate of drug-likeness (QED) is 0.724. The minimum atomic E-state index is -0.884. The highest BCUT2D eigenvalue weighted by atomic mass is 16.5. The molecule has 2 N–H and O–H groups in total. The van der Waals surface area contributed by atoms with Crippen molar-refractivity contribution in [2.24, 2.45) is 5.92 Å². The third kappa shape index (κ3) is 6.92. The molecule has 0 spiro atoms. The number of carbonyl (C=O) groups excluding carboxylic acids is 2. The number of amides is 2. The van der Waals surface area contributed by atoms with Crippen LogP contribution in [0, 0.1) is 5.92 Å². The first-order valence-corrected chi connectivity index (χ1v) is 9.26. The topological polar surface area (TPSA) is 95.9 Å². The maximum atomic E-state index is 12.6. The summed E-state index contributed by atoms with van der Waals surface area (Å²) in [4.78, 5) is 37.4. The number of nitrogens with zero attached hydrogens (tertiary/aromatic N) is 1. The zero-order chi connectivity index (χ0) is 19.9. The Morgan fingerprint density at radius 3 is 2.63 bits per heavy atom. The molecule has 0 saturated carbocycles. The number of nitrogens with one attached hydrogen (secondary N) is 1. The van der Waals surface area contributed by atoms with Crippen LogP contribution in [0.3, 0.4) is 0 Å². The van der Waals surface area contributed by atoms with Crippen LogP contribution < -0.4 is 10.1 Å². The van der Waals surface area contributed by atoms with Crippen LogP contribution in [0.25, 0.3) is 0 Å². The number of piperidine rings is 1. The van der Waals surface area contributed by atoms with Crippen LogP contribution in [0.5, 0.6) is 5.75 Å². The van der Waals surface area contributed by atoms with Gasteiger partial charge in [-0.05, 0) is 45.2 Å². The number of benzene rings is 1. The van der Waals surface area contributed by atoms with Crippen molar-refractivity contribution in [3.05, 3.63) is 30.3 Å². The molecular weight excluding hydrogens is 348 g/mol. The van der Waals surface area contributed by atoms with Crippen LogP contribution in [0.4, 0.5) is 0 Å². The fourth-order valence-electron chi connectivity index (χ4n) is 3.09. The molecule has 148 valence electrons. The molecule has 0 bridgehead atoms. The van der Waals surface area contributed by atoms with Crippen molar-refractivity contribution in [3.8, 4) is 5.75 Å². The van der Waals surface area contributed by atoms with Crippen LogP contribution in [-0.2, 0) is 14.4 Å². The van der Waals surface area contributed by atoms with Gasteiger partial charge in [0.25, 0.3) is 5.91 Å². The molecule has 1 unspecified atom stereocenters. The standard InChI is InChI=1S/C20H28N2O5/c1-20(2,11-10-18(24)25)21-19(26)15-7-6-12-22(13-15)17(23)14-27-16-8-4-3-5-9-16/h3-5,8-9,15H,6-7,10-14H2,1-2H3,(H,21,26)(H,24,25). The number of carboxylic acids is 1. The molecule has 1 aliphatic rings. The number of hydrogen-bond donors (Lipinski definition) is 2. The largest absolute Gasteiger partial charge is 0.484 e. The minimum Gasteiger partial charge on any atom is -0.484 e. The van der Waals surface area contributed by atoms with E-state index in [-0.39, 0.29) is 30.8 Å². The van der Waals surface area contributed by atoms with Crippen LogP contribution in [0.2, 0.25) is 0 Å². The molecule has 0 aliphatic carbocycles. The summed E-state index contributed by atoms with van der Waals surface area (Å²) in [5.41, 5.74) is -0.599. The molecule has 2 rings (SSSR count). The Bertz CT molecular complexity index is 660. The first kappa shape index (κ1) is 20.7. The Hall–Kier alpha value is -2.57. The van der Waals surface area contributed by atoms with Gasteiger partial charge in [0.15, 0.2) is 6.61 Å². The summed E-state index contributed by atoms with van der Waals surface area (Å²) in [6.45, 7) is 4.55. The minimum absolute atomic E-state index is 0.000613. The van der Waals surface area contributed by atoms with Gasteiger partial charge in [0.2, 0.25) is 5.91 Å². The lowest BCUT2D eigenvalue weighted by Crippen LogP contribution is -2.51. The maximum absolute atomic E-state index is 12.6. The van der Waals surface area contributed by atoms with Crippen LogP contribution >= 0.6 is 0 Å². The van der Waals surface area contributed by atoms with Crippen molar-refractivity contribution in [3.63, 3.8) is 0 Å². The van der Waals surface area contributed by atoms with E-state index in [9.17, 15) is 14.4 Å². The smallest absolute Gasteiger partial charge is 0.303 e. The third-order valence-electron chi connectivity index (χ3n) is 4.68. The van der Waals surface area contributed by atoms with Crippen LogP contribution in [-0.4, -0.2) is 53.0 Å². The zero-order valence-electron chi connectivity index (χ0n) is 15.9. The molecule has 27 heavy (non-hydrogen) atoms. The van der Waals surface area contributed by atoms with Gasteiger partial charge in [-0.1, -0.05) is 18.2 Å². The van der Waals surface area contributed by atoms with Gasteiger partial charge in [0.1, 0.15) is 5.75 Å². The van der Waals surface area contributed by atoms with Crippen LogP contribution in [0.15, 0.2) is 30.3 Å². The Morgan fingerprint density at radius 1 is 1.26 bits per heavy atom. The maximum Gasteiger partial charge on any atom is 0.303 e. The van der Waals surface area contributed by atoms with Gasteiger partial charge in [-0.3, -0.25) is 14.4 Å². The Kier molecular flexibility index (Phi) is 7.21. The average molecular weight is 376 g/mol. The van der Waals surface area contributed by atoms with Gasteiger partial charge in [0, 0.05) is 25.0 Å². The summed E-state index contributed by atoms with van der Waals surface area (Å²) < 4.78 is 5.50. The lowest BCUT2D eigenvalue weighted by atomic mass is 9.93. The van der Waals surface area contributed by atoms with Gasteiger partial charge in [0.05, 0.1) is 5.92 Å². The molecule has 1 aromatic rings. The fourth-order valence-corrected chi connectivity index (χ4v) is 3.09. The van der Waals surface area contributed by atoms with E-state index < -0.39 is 11.5 Å². The number of para-hydroxylation sites is 1. The number of ether oxygens (including phenoxy) is 1. The number of hydrogen-bond acceptors (Lipinski definition) is 4. The second-order valence-corrected chi connectivity index (χ2v) is 7.55. The molecule has 1 aliphatic heterocycles. The molecule has 1 heterocycles.